The first-order valence-corrected chi connectivity index (χ1v) is 5.86. The zero-order valence-electron chi connectivity index (χ0n) is 8.74. The fourth-order valence-electron chi connectivity index (χ4n) is 2.51. The van der Waals surface area contributed by atoms with E-state index in [2.05, 4.69) is 5.32 Å². The van der Waals surface area contributed by atoms with Crippen molar-refractivity contribution in [1.82, 2.24) is 10.2 Å². The molecule has 3 heteroatoms. The fraction of sp³-hybridized carbons (Fsp3) is 0.909. The van der Waals surface area contributed by atoms with Crippen LogP contribution < -0.4 is 5.32 Å². The van der Waals surface area contributed by atoms with Crippen molar-refractivity contribution in [2.24, 2.45) is 0 Å². The topological polar surface area (TPSA) is 34.4 Å². The number of urea groups is 1. The Kier molecular flexibility index (Phi) is 3.27. The second-order valence-electron chi connectivity index (χ2n) is 4.36. The van der Waals surface area contributed by atoms with E-state index in [-0.39, 0.29) is 6.03 Å². The van der Waals surface area contributed by atoms with E-state index in [1.165, 1.54) is 38.5 Å². The lowest BCUT2D eigenvalue weighted by atomic mass is 10.1. The Labute approximate surface area is 85.8 Å². The first-order chi connectivity index (χ1) is 6.88. The average molecular weight is 195 g/mol. The van der Waals surface area contributed by atoms with Crippen LogP contribution in [0, 0.1) is 0 Å². The average Bonchev–Trinajstić information content (AvgIpc) is 2.47. The Morgan fingerprint density at radius 3 is 2.43 bits per heavy atom. The second kappa shape index (κ2) is 4.67. The van der Waals surface area contributed by atoms with Gasteiger partial charge in [0, 0.05) is 19.1 Å². The highest BCUT2D eigenvalue weighted by Gasteiger charge is 2.27. The van der Waals surface area contributed by atoms with Gasteiger partial charge in [0.05, 0.1) is 0 Å². The molecule has 0 aromatic rings. The van der Waals surface area contributed by atoms with E-state index in [0.717, 1.165) is 19.5 Å². The summed E-state index contributed by atoms with van der Waals surface area (Å²) in [6, 6.07) is 0.539. The zero-order chi connectivity index (χ0) is 9.80. The van der Waals surface area contributed by atoms with E-state index >= 15 is 0 Å². The van der Waals surface area contributed by atoms with Crippen molar-refractivity contribution in [2.75, 3.05) is 13.1 Å². The number of carbonyl (C=O) groups is 1. The van der Waals surface area contributed by atoms with Crippen molar-refractivity contribution in [3.63, 3.8) is 0 Å². The molecule has 14 heavy (non-hydrogen) atoms. The fourth-order valence-corrected chi connectivity index (χ4v) is 2.51. The van der Waals surface area contributed by atoms with Gasteiger partial charge in [-0.25, -0.2) is 10.1 Å². The van der Waals surface area contributed by atoms with Crippen molar-refractivity contribution in [3.05, 3.63) is 0 Å². The SMILES string of the molecule is O=C1[N]CCCN1C1CCCCCC1. The van der Waals surface area contributed by atoms with Gasteiger partial charge in [-0.2, -0.15) is 0 Å². The van der Waals surface area contributed by atoms with Gasteiger partial charge in [-0.1, -0.05) is 25.7 Å². The predicted octanol–water partition coefficient (Wildman–Crippen LogP) is 2.14. The lowest BCUT2D eigenvalue weighted by molar-refractivity contribution is 0.152. The van der Waals surface area contributed by atoms with Gasteiger partial charge in [0.2, 0.25) is 0 Å². The Bertz CT molecular complexity index is 197. The molecule has 1 saturated carbocycles. The number of carbonyl (C=O) groups excluding carboxylic acids is 1. The summed E-state index contributed by atoms with van der Waals surface area (Å²) in [4.78, 5) is 13.6. The molecule has 0 atom stereocenters. The third kappa shape index (κ3) is 2.20. The van der Waals surface area contributed by atoms with Crippen molar-refractivity contribution < 1.29 is 4.79 Å². The highest BCUT2D eigenvalue weighted by molar-refractivity contribution is 5.74. The molecule has 1 saturated heterocycles. The lowest BCUT2D eigenvalue weighted by Crippen LogP contribution is -2.48. The van der Waals surface area contributed by atoms with Crippen LogP contribution in [0.1, 0.15) is 44.9 Å². The quantitative estimate of drug-likeness (QED) is 0.590. The van der Waals surface area contributed by atoms with Gasteiger partial charge in [0.15, 0.2) is 0 Å². The van der Waals surface area contributed by atoms with Gasteiger partial charge < -0.3 is 4.90 Å². The number of nitrogens with zero attached hydrogens (tertiary/aromatic N) is 2. The van der Waals surface area contributed by atoms with Crippen LogP contribution in [-0.4, -0.2) is 30.1 Å². The maximum atomic E-state index is 11.6. The molecule has 0 unspecified atom stereocenters. The van der Waals surface area contributed by atoms with Crippen LogP contribution in [0.25, 0.3) is 0 Å². The summed E-state index contributed by atoms with van der Waals surface area (Å²) < 4.78 is 0. The van der Waals surface area contributed by atoms with Crippen LogP contribution in [0.4, 0.5) is 4.79 Å². The summed E-state index contributed by atoms with van der Waals surface area (Å²) in [5.41, 5.74) is 0. The molecule has 0 spiro atoms. The Balaban J connectivity index is 1.93. The van der Waals surface area contributed by atoms with Gasteiger partial charge in [-0.15, -0.1) is 0 Å². The number of hydrogen-bond acceptors (Lipinski definition) is 1. The van der Waals surface area contributed by atoms with Gasteiger partial charge in [0.1, 0.15) is 0 Å². The molecule has 1 aliphatic carbocycles. The number of amides is 2. The molecule has 0 bridgehead atoms. The van der Waals surface area contributed by atoms with E-state index in [0.29, 0.717) is 6.04 Å². The monoisotopic (exact) mass is 195 g/mol. The third-order valence-electron chi connectivity index (χ3n) is 3.32. The summed E-state index contributed by atoms with van der Waals surface area (Å²) in [7, 11) is 0. The summed E-state index contributed by atoms with van der Waals surface area (Å²) in [6.07, 6.45) is 8.71. The number of rotatable bonds is 1. The van der Waals surface area contributed by atoms with Crippen LogP contribution >= 0.6 is 0 Å². The molecule has 1 aliphatic heterocycles. The molecular formula is C11H19N2O. The van der Waals surface area contributed by atoms with Crippen LogP contribution in [0.3, 0.4) is 0 Å². The zero-order valence-corrected chi connectivity index (χ0v) is 8.74. The van der Waals surface area contributed by atoms with Crippen LogP contribution in [-0.2, 0) is 0 Å². The van der Waals surface area contributed by atoms with Crippen molar-refractivity contribution in [2.45, 2.75) is 51.0 Å². The number of hydrogen-bond donors (Lipinski definition) is 0. The molecule has 2 amide bonds. The molecule has 1 heterocycles. The van der Waals surface area contributed by atoms with Crippen molar-refractivity contribution in [3.8, 4) is 0 Å². The van der Waals surface area contributed by atoms with Crippen molar-refractivity contribution >= 4 is 6.03 Å². The largest absolute Gasteiger partial charge is 0.339 e. The van der Waals surface area contributed by atoms with Crippen LogP contribution in [0.5, 0.6) is 0 Å². The highest BCUT2D eigenvalue weighted by atomic mass is 16.2. The van der Waals surface area contributed by atoms with E-state index in [1.807, 2.05) is 4.90 Å². The van der Waals surface area contributed by atoms with Gasteiger partial charge in [-0.3, -0.25) is 0 Å². The third-order valence-corrected chi connectivity index (χ3v) is 3.32. The minimum absolute atomic E-state index is 0.0446. The van der Waals surface area contributed by atoms with Gasteiger partial charge >= 0.3 is 6.03 Å². The molecule has 0 aromatic carbocycles. The Hall–Kier alpha value is -0.730. The van der Waals surface area contributed by atoms with Gasteiger partial charge in [0.25, 0.3) is 0 Å². The molecular weight excluding hydrogens is 176 g/mol. The van der Waals surface area contributed by atoms with Crippen molar-refractivity contribution in [1.29, 1.82) is 0 Å². The maximum Gasteiger partial charge on any atom is 0.339 e. The standard InChI is InChI=1S/C11H19N2O/c14-11-12-8-5-9-13(11)10-6-3-1-2-4-7-10/h10H,1-9H2. The predicted molar refractivity (Wildman–Crippen MR) is 55.2 cm³/mol. The van der Waals surface area contributed by atoms with E-state index in [9.17, 15) is 4.79 Å². The van der Waals surface area contributed by atoms with E-state index in [4.69, 9.17) is 0 Å². The molecule has 1 radical (unpaired) electrons. The van der Waals surface area contributed by atoms with Crippen LogP contribution in [0.2, 0.25) is 0 Å². The van der Waals surface area contributed by atoms with E-state index in [1.54, 1.807) is 0 Å². The van der Waals surface area contributed by atoms with Gasteiger partial charge in [-0.05, 0) is 19.3 Å². The summed E-state index contributed by atoms with van der Waals surface area (Å²) in [5, 5.41) is 4.00. The summed E-state index contributed by atoms with van der Waals surface area (Å²) in [5.74, 6) is 0. The smallest absolute Gasteiger partial charge is 0.320 e. The second-order valence-corrected chi connectivity index (χ2v) is 4.36. The minimum Gasteiger partial charge on any atom is -0.320 e. The molecule has 3 nitrogen and oxygen atoms in total. The lowest BCUT2D eigenvalue weighted by Gasteiger charge is -2.33. The molecule has 2 fully saturated rings. The molecule has 79 valence electrons. The molecule has 2 aliphatic rings. The molecule has 0 aromatic heterocycles. The first kappa shape index (κ1) is 9.81. The molecule has 2 rings (SSSR count). The van der Waals surface area contributed by atoms with Crippen LogP contribution in [0.15, 0.2) is 0 Å². The van der Waals surface area contributed by atoms with E-state index < -0.39 is 0 Å². The maximum absolute atomic E-state index is 11.6. The Morgan fingerprint density at radius 2 is 1.79 bits per heavy atom. The first-order valence-electron chi connectivity index (χ1n) is 5.86. The summed E-state index contributed by atoms with van der Waals surface area (Å²) in [6.45, 7) is 1.68. The Morgan fingerprint density at radius 1 is 1.07 bits per heavy atom. The summed E-state index contributed by atoms with van der Waals surface area (Å²) >= 11 is 0. The highest BCUT2D eigenvalue weighted by Crippen LogP contribution is 2.23. The molecule has 0 N–H and O–H groups in total. The normalized spacial score (nSPS) is 25.7. The minimum atomic E-state index is 0.0446.